The van der Waals surface area contributed by atoms with Gasteiger partial charge in [-0.2, -0.15) is 0 Å². The second-order valence-corrected chi connectivity index (χ2v) is 5.01. The van der Waals surface area contributed by atoms with Gasteiger partial charge in [-0.15, -0.1) is 0 Å². The third-order valence-corrected chi connectivity index (χ3v) is 3.48. The number of amides is 1. The van der Waals surface area contributed by atoms with Crippen LogP contribution < -0.4 is 16.6 Å². The van der Waals surface area contributed by atoms with E-state index in [0.29, 0.717) is 12.8 Å². The zero-order chi connectivity index (χ0) is 12.8. The quantitative estimate of drug-likeness (QED) is 0.432. The molecule has 0 saturated heterocycles. The lowest BCUT2D eigenvalue weighted by molar-refractivity contribution is -0.121. The second-order valence-electron chi connectivity index (χ2n) is 3.92. The summed E-state index contributed by atoms with van der Waals surface area (Å²) in [5.41, 5.74) is 4.26. The van der Waals surface area contributed by atoms with E-state index in [9.17, 15) is 4.79 Å². The first-order chi connectivity index (χ1) is 8.78. The minimum absolute atomic E-state index is 0.145. The van der Waals surface area contributed by atoms with Gasteiger partial charge in [0.2, 0.25) is 5.91 Å². The molecular weight excluding hydrogens is 248 g/mol. The van der Waals surface area contributed by atoms with E-state index in [2.05, 4.69) is 15.7 Å². The molecule has 18 heavy (non-hydrogen) atoms. The van der Waals surface area contributed by atoms with Gasteiger partial charge in [-0.1, -0.05) is 23.9 Å². The van der Waals surface area contributed by atoms with Crippen LogP contribution in [0.15, 0.2) is 29.3 Å². The number of hydrogen-bond donors (Lipinski definition) is 3. The number of nitrogens with zero attached hydrogens (tertiary/aromatic N) is 1. The number of anilines is 1. The summed E-state index contributed by atoms with van der Waals surface area (Å²) in [5.74, 6) is 5.93. The third kappa shape index (κ3) is 3.75. The number of thioether (sulfide) groups is 1. The van der Waals surface area contributed by atoms with Crippen molar-refractivity contribution in [3.8, 4) is 0 Å². The lowest BCUT2D eigenvalue weighted by atomic mass is 10.1. The zero-order valence-electron chi connectivity index (χ0n) is 9.98. The minimum Gasteiger partial charge on any atom is -0.335 e. The number of nitrogens with one attached hydrogen (secondary N) is 2. The molecule has 0 atom stereocenters. The van der Waals surface area contributed by atoms with Gasteiger partial charge in [0, 0.05) is 17.9 Å². The standard InChI is InChI=1S/C12H16N4OS/c13-16-11(17)6-3-9-1-4-10(5-2-9)15-12-14-7-8-18-12/h1-2,4-5H,3,6-8,13H2,(H,14,15)(H,16,17). The molecule has 1 aliphatic rings. The molecule has 0 spiro atoms. The lowest BCUT2D eigenvalue weighted by Gasteiger charge is -2.06. The van der Waals surface area contributed by atoms with E-state index >= 15 is 0 Å². The fraction of sp³-hybridized carbons (Fsp3) is 0.333. The first-order valence-electron chi connectivity index (χ1n) is 5.80. The highest BCUT2D eigenvalue weighted by atomic mass is 32.2. The van der Waals surface area contributed by atoms with E-state index in [1.807, 2.05) is 24.3 Å². The molecule has 2 rings (SSSR count). The second kappa shape index (κ2) is 6.42. The molecule has 1 aromatic carbocycles. The van der Waals surface area contributed by atoms with Crippen LogP contribution in [0.25, 0.3) is 0 Å². The summed E-state index contributed by atoms with van der Waals surface area (Å²) in [6.07, 6.45) is 1.10. The van der Waals surface area contributed by atoms with Crippen molar-refractivity contribution in [2.45, 2.75) is 12.8 Å². The number of benzene rings is 1. The van der Waals surface area contributed by atoms with Gasteiger partial charge < -0.3 is 5.32 Å². The highest BCUT2D eigenvalue weighted by molar-refractivity contribution is 8.14. The van der Waals surface area contributed by atoms with Crippen LogP contribution in [-0.4, -0.2) is 23.4 Å². The van der Waals surface area contributed by atoms with E-state index in [1.165, 1.54) is 0 Å². The van der Waals surface area contributed by atoms with Crippen LogP contribution in [-0.2, 0) is 11.2 Å². The number of nitrogens with two attached hydrogens (primary N) is 1. The molecule has 6 heteroatoms. The average molecular weight is 264 g/mol. The van der Waals surface area contributed by atoms with Gasteiger partial charge in [0.05, 0.1) is 6.54 Å². The van der Waals surface area contributed by atoms with Crippen LogP contribution in [0, 0.1) is 0 Å². The van der Waals surface area contributed by atoms with Gasteiger partial charge in [0.15, 0.2) is 5.17 Å². The van der Waals surface area contributed by atoms with Crippen LogP contribution in [0.1, 0.15) is 12.0 Å². The van der Waals surface area contributed by atoms with Gasteiger partial charge in [-0.25, -0.2) is 5.84 Å². The molecule has 0 aliphatic carbocycles. The summed E-state index contributed by atoms with van der Waals surface area (Å²) in [6.45, 7) is 0.888. The van der Waals surface area contributed by atoms with Crippen molar-refractivity contribution in [2.24, 2.45) is 10.8 Å². The number of hydrogen-bond acceptors (Lipinski definition) is 5. The monoisotopic (exact) mass is 264 g/mol. The fourth-order valence-electron chi connectivity index (χ4n) is 1.62. The minimum atomic E-state index is -0.145. The Hall–Kier alpha value is -1.53. The molecule has 0 bridgehead atoms. The highest BCUT2D eigenvalue weighted by Gasteiger charge is 2.06. The number of carbonyl (C=O) groups excluding carboxylic acids is 1. The summed E-state index contributed by atoms with van der Waals surface area (Å²) >= 11 is 1.73. The summed E-state index contributed by atoms with van der Waals surface area (Å²) < 4.78 is 0. The number of rotatable bonds is 4. The number of hydrazine groups is 1. The molecule has 96 valence electrons. The van der Waals surface area contributed by atoms with Gasteiger partial charge in [-0.3, -0.25) is 15.2 Å². The average Bonchev–Trinajstić information content (AvgIpc) is 2.90. The molecule has 0 saturated carbocycles. The van der Waals surface area contributed by atoms with Crippen LogP contribution in [0.5, 0.6) is 0 Å². The molecule has 1 heterocycles. The Morgan fingerprint density at radius 1 is 1.39 bits per heavy atom. The van der Waals surface area contributed by atoms with Gasteiger partial charge in [-0.05, 0) is 24.1 Å². The van der Waals surface area contributed by atoms with E-state index in [-0.39, 0.29) is 5.91 Å². The highest BCUT2D eigenvalue weighted by Crippen LogP contribution is 2.16. The van der Waals surface area contributed by atoms with Crippen LogP contribution in [0.3, 0.4) is 0 Å². The van der Waals surface area contributed by atoms with E-state index in [1.54, 1.807) is 11.8 Å². The molecule has 1 amide bonds. The van der Waals surface area contributed by atoms with Crippen LogP contribution in [0.4, 0.5) is 5.69 Å². The van der Waals surface area contributed by atoms with Crippen molar-refractivity contribution in [3.05, 3.63) is 29.8 Å². The normalized spacial score (nSPS) is 14.2. The Morgan fingerprint density at radius 2 is 2.17 bits per heavy atom. The van der Waals surface area contributed by atoms with Crippen molar-refractivity contribution in [3.63, 3.8) is 0 Å². The van der Waals surface area contributed by atoms with Crippen molar-refractivity contribution in [1.82, 2.24) is 5.43 Å². The number of aryl methyl sites for hydroxylation is 1. The molecule has 0 unspecified atom stereocenters. The topological polar surface area (TPSA) is 79.5 Å². The maximum atomic E-state index is 11.0. The number of carbonyl (C=O) groups is 1. The smallest absolute Gasteiger partial charge is 0.234 e. The summed E-state index contributed by atoms with van der Waals surface area (Å²) in [7, 11) is 0. The van der Waals surface area contributed by atoms with Gasteiger partial charge in [0.25, 0.3) is 0 Å². The van der Waals surface area contributed by atoms with Gasteiger partial charge >= 0.3 is 0 Å². The first kappa shape index (κ1) is 12.9. The van der Waals surface area contributed by atoms with E-state index < -0.39 is 0 Å². The molecule has 4 N–H and O–H groups in total. The number of amidine groups is 1. The third-order valence-electron chi connectivity index (χ3n) is 2.59. The molecule has 1 aromatic rings. The van der Waals surface area contributed by atoms with E-state index in [0.717, 1.165) is 28.7 Å². The molecule has 0 radical (unpaired) electrons. The molecule has 5 nitrogen and oxygen atoms in total. The van der Waals surface area contributed by atoms with Crippen molar-refractivity contribution >= 4 is 28.5 Å². The lowest BCUT2D eigenvalue weighted by Crippen LogP contribution is -2.30. The first-order valence-corrected chi connectivity index (χ1v) is 6.79. The molecular formula is C12H16N4OS. The summed E-state index contributed by atoms with van der Waals surface area (Å²) in [4.78, 5) is 15.3. The Kier molecular flexibility index (Phi) is 4.60. The fourth-order valence-corrected chi connectivity index (χ4v) is 2.37. The van der Waals surface area contributed by atoms with Gasteiger partial charge in [0.1, 0.15) is 0 Å². The van der Waals surface area contributed by atoms with Crippen LogP contribution >= 0.6 is 11.8 Å². The predicted octanol–water partition coefficient (Wildman–Crippen LogP) is 1.12. The predicted molar refractivity (Wildman–Crippen MR) is 75.5 cm³/mol. The summed E-state index contributed by atoms with van der Waals surface area (Å²) in [6, 6.07) is 8.01. The zero-order valence-corrected chi connectivity index (χ0v) is 10.8. The van der Waals surface area contributed by atoms with Crippen molar-refractivity contribution in [1.29, 1.82) is 0 Å². The Morgan fingerprint density at radius 3 is 2.78 bits per heavy atom. The Bertz CT molecular complexity index is 444. The maximum absolute atomic E-state index is 11.0. The molecule has 1 aliphatic heterocycles. The molecule has 0 fully saturated rings. The maximum Gasteiger partial charge on any atom is 0.234 e. The van der Waals surface area contributed by atoms with E-state index in [4.69, 9.17) is 5.84 Å². The summed E-state index contributed by atoms with van der Waals surface area (Å²) in [5, 5.41) is 4.23. The number of aliphatic imine (C=N–C) groups is 1. The van der Waals surface area contributed by atoms with Crippen molar-refractivity contribution in [2.75, 3.05) is 17.6 Å². The van der Waals surface area contributed by atoms with Crippen LogP contribution in [0.2, 0.25) is 0 Å². The SMILES string of the molecule is NNC(=O)CCc1ccc(NC2=NCCS2)cc1. The largest absolute Gasteiger partial charge is 0.335 e. The van der Waals surface area contributed by atoms with Crippen molar-refractivity contribution < 1.29 is 4.79 Å². The Labute approximate surface area is 110 Å². The Balaban J connectivity index is 1.86. The molecule has 0 aromatic heterocycles.